The van der Waals surface area contributed by atoms with Gasteiger partial charge in [-0.1, -0.05) is 24.2 Å². The molecule has 1 aromatic carbocycles. The lowest BCUT2D eigenvalue weighted by atomic mass is 10.1. The monoisotopic (exact) mass is 507 g/mol. The van der Waals surface area contributed by atoms with E-state index in [2.05, 4.69) is 31.2 Å². The summed E-state index contributed by atoms with van der Waals surface area (Å²) in [6, 6.07) is 3.45. The number of aliphatic imine (C=N–C) groups is 1. The van der Waals surface area contributed by atoms with Gasteiger partial charge in [-0.2, -0.15) is 4.99 Å². The number of methoxy groups -OCH3 is 2. The number of nitrogens with one attached hydrogen (secondary N) is 2. The van der Waals surface area contributed by atoms with Gasteiger partial charge in [-0.05, 0) is 13.0 Å². The average molecular weight is 508 g/mol. The van der Waals surface area contributed by atoms with E-state index in [1.54, 1.807) is 43.8 Å². The summed E-state index contributed by atoms with van der Waals surface area (Å²) < 4.78 is 44.2. The van der Waals surface area contributed by atoms with Crippen LogP contribution in [-0.4, -0.2) is 52.6 Å². The molecule has 0 radical (unpaired) electrons. The Morgan fingerprint density at radius 1 is 1.32 bits per heavy atom. The molecule has 0 aliphatic carbocycles. The third-order valence-corrected chi connectivity index (χ3v) is 6.04. The molecule has 34 heavy (non-hydrogen) atoms. The summed E-state index contributed by atoms with van der Waals surface area (Å²) in [6.45, 7) is 4.48. The molecular weight excluding hydrogens is 485 g/mol. The molecule has 0 saturated heterocycles. The number of hydrogen-bond acceptors (Lipinski definition) is 7. The van der Waals surface area contributed by atoms with Crippen LogP contribution in [0.5, 0.6) is 0 Å². The molecular formula is C22H23ClFN5O4S. The first kappa shape index (κ1) is 25.2. The number of H-pyrrole nitrogens is 1. The SMILES string of the molecule is C=C(/N=C(OC)\C(OCCF)=C(/C)OC)NS(=O)c1c[nH]c2c(-c3cnccn3)c(Cl)ccc12. The Balaban J connectivity index is 1.89. The molecule has 2 heterocycles. The topological polar surface area (TPSA) is 111 Å². The molecule has 9 nitrogen and oxygen atoms in total. The van der Waals surface area contributed by atoms with Crippen LogP contribution in [0.1, 0.15) is 6.92 Å². The molecule has 1 atom stereocenters. The summed E-state index contributed by atoms with van der Waals surface area (Å²) in [6.07, 6.45) is 6.32. The molecule has 3 rings (SSSR count). The molecule has 3 aromatic rings. The lowest BCUT2D eigenvalue weighted by Gasteiger charge is -2.14. The van der Waals surface area contributed by atoms with Gasteiger partial charge in [-0.15, -0.1) is 0 Å². The normalized spacial score (nSPS) is 13.3. The lowest BCUT2D eigenvalue weighted by Crippen LogP contribution is -2.19. The van der Waals surface area contributed by atoms with E-state index in [1.807, 2.05) is 0 Å². The van der Waals surface area contributed by atoms with Crippen molar-refractivity contribution >= 4 is 39.4 Å². The predicted octanol–water partition coefficient (Wildman–Crippen LogP) is 4.27. The van der Waals surface area contributed by atoms with E-state index in [1.165, 1.54) is 14.2 Å². The number of aromatic amines is 1. The zero-order valence-electron chi connectivity index (χ0n) is 18.7. The van der Waals surface area contributed by atoms with Gasteiger partial charge in [0.15, 0.2) is 11.0 Å². The average Bonchev–Trinajstić information content (AvgIpc) is 3.27. The van der Waals surface area contributed by atoms with Crippen LogP contribution in [-0.2, 0) is 25.2 Å². The minimum Gasteiger partial charge on any atom is -0.497 e. The minimum atomic E-state index is -1.75. The van der Waals surface area contributed by atoms with E-state index in [-0.39, 0.29) is 24.1 Å². The molecule has 0 aliphatic heterocycles. The number of allylic oxidation sites excluding steroid dienone is 1. The van der Waals surface area contributed by atoms with E-state index in [0.29, 0.717) is 37.8 Å². The summed E-state index contributed by atoms with van der Waals surface area (Å²) in [7, 11) is 1.05. The molecule has 0 fully saturated rings. The second kappa shape index (κ2) is 11.6. The molecule has 0 bridgehead atoms. The lowest BCUT2D eigenvalue weighted by molar-refractivity contribution is 0.167. The number of alkyl halides is 1. The standard InChI is InChI=1S/C22H23ClFN5O4S/c1-13(31-3)21(33-10-7-24)22(32-4)28-14(2)29-34(30)18-12-27-20-15(18)5-6-16(23)19(20)17-11-25-8-9-26-17/h5-6,8-9,11-12,27,29H,2,7,10H2,1,3-4H3/b21-13-,28-22+. The summed E-state index contributed by atoms with van der Waals surface area (Å²) in [5.41, 5.74) is 1.87. The van der Waals surface area contributed by atoms with Crippen LogP contribution in [0.15, 0.2) is 70.7 Å². The highest BCUT2D eigenvalue weighted by atomic mass is 35.5. The van der Waals surface area contributed by atoms with Crippen molar-refractivity contribution in [3.05, 3.63) is 65.9 Å². The van der Waals surface area contributed by atoms with E-state index < -0.39 is 17.7 Å². The van der Waals surface area contributed by atoms with Gasteiger partial charge in [0.05, 0.1) is 41.5 Å². The maximum absolute atomic E-state index is 13.1. The number of fused-ring (bicyclic) bond motifs is 1. The Morgan fingerprint density at radius 2 is 2.12 bits per heavy atom. The summed E-state index contributed by atoms with van der Waals surface area (Å²) in [5, 5.41) is 1.14. The van der Waals surface area contributed by atoms with Crippen LogP contribution in [0.2, 0.25) is 5.02 Å². The fraction of sp³-hybridized carbons (Fsp3) is 0.227. The summed E-state index contributed by atoms with van der Waals surface area (Å²) in [5.74, 6) is 0.440. The van der Waals surface area contributed by atoms with E-state index in [0.717, 1.165) is 0 Å². The van der Waals surface area contributed by atoms with Crippen LogP contribution in [0.25, 0.3) is 22.2 Å². The van der Waals surface area contributed by atoms with Crippen LogP contribution >= 0.6 is 11.6 Å². The largest absolute Gasteiger partial charge is 0.497 e. The quantitative estimate of drug-likeness (QED) is 0.241. The van der Waals surface area contributed by atoms with Gasteiger partial charge in [0.25, 0.3) is 5.90 Å². The maximum atomic E-state index is 13.1. The second-order valence-corrected chi connectivity index (χ2v) is 8.24. The molecule has 2 aromatic heterocycles. The van der Waals surface area contributed by atoms with Crippen LogP contribution < -0.4 is 4.72 Å². The van der Waals surface area contributed by atoms with Gasteiger partial charge >= 0.3 is 0 Å². The van der Waals surface area contributed by atoms with Crippen molar-refractivity contribution in [1.82, 2.24) is 19.7 Å². The smallest absolute Gasteiger partial charge is 0.262 e. The van der Waals surface area contributed by atoms with Gasteiger partial charge in [-0.3, -0.25) is 14.7 Å². The molecule has 0 saturated carbocycles. The van der Waals surface area contributed by atoms with E-state index in [4.69, 9.17) is 25.8 Å². The van der Waals surface area contributed by atoms with Crippen molar-refractivity contribution in [2.45, 2.75) is 11.8 Å². The molecule has 0 amide bonds. The fourth-order valence-electron chi connectivity index (χ4n) is 3.02. The van der Waals surface area contributed by atoms with Gasteiger partial charge in [0.1, 0.15) is 24.9 Å². The third-order valence-electron chi connectivity index (χ3n) is 4.57. The Bertz CT molecular complexity index is 1260. The number of benzene rings is 1. The Kier molecular flexibility index (Phi) is 8.61. The fourth-order valence-corrected chi connectivity index (χ4v) is 4.18. The first-order valence-corrected chi connectivity index (χ1v) is 11.4. The van der Waals surface area contributed by atoms with Crippen molar-refractivity contribution < 1.29 is 22.8 Å². The molecule has 1 unspecified atom stereocenters. The minimum absolute atomic E-state index is 0.0158. The van der Waals surface area contributed by atoms with Gasteiger partial charge in [-0.25, -0.2) is 8.60 Å². The van der Waals surface area contributed by atoms with E-state index >= 15 is 0 Å². The highest BCUT2D eigenvalue weighted by Gasteiger charge is 2.19. The molecule has 0 spiro atoms. The maximum Gasteiger partial charge on any atom is 0.262 e. The number of rotatable bonds is 10. The second-order valence-electron chi connectivity index (χ2n) is 6.65. The van der Waals surface area contributed by atoms with Crippen LogP contribution in [0.4, 0.5) is 4.39 Å². The van der Waals surface area contributed by atoms with Gasteiger partial charge < -0.3 is 19.2 Å². The third kappa shape index (κ3) is 5.54. The predicted molar refractivity (Wildman–Crippen MR) is 129 cm³/mol. The first-order valence-electron chi connectivity index (χ1n) is 9.91. The molecule has 2 N–H and O–H groups in total. The van der Waals surface area contributed by atoms with Crippen molar-refractivity contribution in [3.63, 3.8) is 0 Å². The zero-order chi connectivity index (χ0) is 24.7. The van der Waals surface area contributed by atoms with Crippen molar-refractivity contribution in [1.29, 1.82) is 0 Å². The van der Waals surface area contributed by atoms with Crippen molar-refractivity contribution in [3.8, 4) is 11.3 Å². The molecule has 12 heteroatoms. The van der Waals surface area contributed by atoms with E-state index in [9.17, 15) is 8.60 Å². The Morgan fingerprint density at radius 3 is 2.76 bits per heavy atom. The van der Waals surface area contributed by atoms with Gasteiger partial charge in [0, 0.05) is 29.5 Å². The van der Waals surface area contributed by atoms with Gasteiger partial charge in [0.2, 0.25) is 5.76 Å². The molecule has 180 valence electrons. The number of hydrogen-bond donors (Lipinski definition) is 2. The van der Waals surface area contributed by atoms with Crippen molar-refractivity contribution in [2.24, 2.45) is 4.99 Å². The number of ether oxygens (including phenoxy) is 3. The van der Waals surface area contributed by atoms with Crippen molar-refractivity contribution in [2.75, 3.05) is 27.5 Å². The Labute approximate surface area is 203 Å². The van der Waals surface area contributed by atoms with Crippen LogP contribution in [0.3, 0.4) is 0 Å². The van der Waals surface area contributed by atoms with Crippen LogP contribution in [0, 0.1) is 0 Å². The molecule has 0 aliphatic rings. The number of aromatic nitrogens is 3. The highest BCUT2D eigenvalue weighted by molar-refractivity contribution is 7.83. The number of nitrogens with zero attached hydrogens (tertiary/aromatic N) is 3. The highest BCUT2D eigenvalue weighted by Crippen LogP contribution is 2.35. The summed E-state index contributed by atoms with van der Waals surface area (Å²) in [4.78, 5) is 16.1. The Hall–Kier alpha value is -3.44. The summed E-state index contributed by atoms with van der Waals surface area (Å²) >= 11 is 6.41. The first-order chi connectivity index (χ1) is 16.4. The number of halogens is 2. The zero-order valence-corrected chi connectivity index (χ0v) is 20.3.